The topological polar surface area (TPSA) is 80.5 Å². The molecule has 144 valence electrons. The van der Waals surface area contributed by atoms with Gasteiger partial charge in [0.1, 0.15) is 0 Å². The van der Waals surface area contributed by atoms with Gasteiger partial charge in [-0.25, -0.2) is 8.42 Å². The predicted molar refractivity (Wildman–Crippen MR) is 104 cm³/mol. The van der Waals surface area contributed by atoms with Crippen LogP contribution in [0.25, 0.3) is 0 Å². The Bertz CT molecular complexity index is 876. The van der Waals surface area contributed by atoms with E-state index >= 15 is 0 Å². The number of nitro benzene ring substituents is 1. The number of hydrogen-bond acceptors (Lipinski definition) is 5. The van der Waals surface area contributed by atoms with E-state index in [0.717, 1.165) is 38.4 Å². The number of hydrogen-bond donors (Lipinski definition) is 0. The molecule has 6 nitrogen and oxygen atoms in total. The van der Waals surface area contributed by atoms with Crippen LogP contribution in [0.5, 0.6) is 0 Å². The van der Waals surface area contributed by atoms with Gasteiger partial charge in [-0.05, 0) is 49.9 Å². The van der Waals surface area contributed by atoms with Gasteiger partial charge in [0.15, 0.2) is 9.84 Å². The van der Waals surface area contributed by atoms with E-state index in [0.29, 0.717) is 12.5 Å². The second-order valence-electron chi connectivity index (χ2n) is 7.05. The molecule has 27 heavy (non-hydrogen) atoms. The van der Waals surface area contributed by atoms with Crippen molar-refractivity contribution in [1.29, 1.82) is 0 Å². The van der Waals surface area contributed by atoms with Crippen LogP contribution in [0.15, 0.2) is 59.5 Å². The highest BCUT2D eigenvalue weighted by atomic mass is 32.2. The maximum Gasteiger partial charge on any atom is 0.270 e. The lowest BCUT2D eigenvalue weighted by molar-refractivity contribution is -0.385. The molecule has 1 heterocycles. The Morgan fingerprint density at radius 1 is 1.04 bits per heavy atom. The Kier molecular flexibility index (Phi) is 6.23. The minimum absolute atomic E-state index is 0.0163. The standard InChI is InChI=1S/C20H24N2O4S/c23-22(24)19-7-4-8-20(16-19)27(25,26)14-13-21-11-9-18(10-12-21)15-17-5-2-1-3-6-17/h1-8,16,18H,9-15H2. The van der Waals surface area contributed by atoms with Crippen molar-refractivity contribution < 1.29 is 13.3 Å². The highest BCUT2D eigenvalue weighted by Gasteiger charge is 2.23. The third-order valence-corrected chi connectivity index (χ3v) is 6.83. The zero-order valence-electron chi connectivity index (χ0n) is 15.2. The van der Waals surface area contributed by atoms with Crippen LogP contribution in [0, 0.1) is 16.0 Å². The molecule has 7 heteroatoms. The third-order valence-electron chi connectivity index (χ3n) is 5.14. The molecule has 2 aromatic carbocycles. The number of piperidine rings is 1. The summed E-state index contributed by atoms with van der Waals surface area (Å²) in [4.78, 5) is 12.5. The smallest absolute Gasteiger partial charge is 0.270 e. The Morgan fingerprint density at radius 3 is 2.41 bits per heavy atom. The van der Waals surface area contributed by atoms with E-state index in [2.05, 4.69) is 29.2 Å². The maximum absolute atomic E-state index is 12.5. The Balaban J connectivity index is 1.50. The average Bonchev–Trinajstić information content (AvgIpc) is 2.68. The summed E-state index contributed by atoms with van der Waals surface area (Å²) in [5, 5.41) is 10.8. The lowest BCUT2D eigenvalue weighted by Crippen LogP contribution is -2.37. The molecule has 0 spiro atoms. The van der Waals surface area contributed by atoms with Crippen molar-refractivity contribution in [2.24, 2.45) is 5.92 Å². The summed E-state index contributed by atoms with van der Waals surface area (Å²) in [6.45, 7) is 2.24. The molecule has 0 aromatic heterocycles. The SMILES string of the molecule is O=[N+]([O-])c1cccc(S(=O)(=O)CCN2CCC(Cc3ccccc3)CC2)c1. The second-order valence-corrected chi connectivity index (χ2v) is 9.16. The van der Waals surface area contributed by atoms with Crippen molar-refractivity contribution in [3.63, 3.8) is 0 Å². The molecule has 0 saturated carbocycles. The van der Waals surface area contributed by atoms with Crippen LogP contribution in [0.2, 0.25) is 0 Å². The quantitative estimate of drug-likeness (QED) is 0.537. The molecule has 0 atom stereocenters. The number of benzene rings is 2. The van der Waals surface area contributed by atoms with E-state index in [1.807, 2.05) is 6.07 Å². The van der Waals surface area contributed by atoms with Gasteiger partial charge in [0.2, 0.25) is 0 Å². The summed E-state index contributed by atoms with van der Waals surface area (Å²) in [5.74, 6) is 0.620. The number of rotatable bonds is 7. The fourth-order valence-corrected chi connectivity index (χ4v) is 4.84. The molecule has 0 radical (unpaired) electrons. The molecule has 1 aliphatic heterocycles. The molecular weight excluding hydrogens is 364 g/mol. The first-order valence-corrected chi connectivity index (χ1v) is 10.8. The summed E-state index contributed by atoms with van der Waals surface area (Å²) >= 11 is 0. The molecule has 0 bridgehead atoms. The van der Waals surface area contributed by atoms with Crippen LogP contribution in [0.4, 0.5) is 5.69 Å². The number of non-ortho nitro benzene ring substituents is 1. The minimum atomic E-state index is -3.52. The van der Waals surface area contributed by atoms with Gasteiger partial charge in [-0.2, -0.15) is 0 Å². The van der Waals surface area contributed by atoms with Crippen molar-refractivity contribution in [2.45, 2.75) is 24.2 Å². The lowest BCUT2D eigenvalue weighted by atomic mass is 9.90. The van der Waals surface area contributed by atoms with Crippen molar-refractivity contribution in [1.82, 2.24) is 4.90 Å². The van der Waals surface area contributed by atoms with Crippen molar-refractivity contribution in [3.05, 3.63) is 70.3 Å². The van der Waals surface area contributed by atoms with E-state index in [1.54, 1.807) is 0 Å². The number of nitro groups is 1. The van der Waals surface area contributed by atoms with E-state index in [9.17, 15) is 18.5 Å². The van der Waals surface area contributed by atoms with Crippen LogP contribution in [0.1, 0.15) is 18.4 Å². The molecule has 2 aromatic rings. The normalized spacial score (nSPS) is 16.3. The van der Waals surface area contributed by atoms with Gasteiger partial charge in [0.25, 0.3) is 5.69 Å². The Hall–Kier alpha value is -2.25. The molecule has 0 amide bonds. The van der Waals surface area contributed by atoms with E-state index < -0.39 is 14.8 Å². The van der Waals surface area contributed by atoms with Crippen LogP contribution in [0.3, 0.4) is 0 Å². The first-order chi connectivity index (χ1) is 12.9. The van der Waals surface area contributed by atoms with E-state index in [1.165, 1.54) is 23.8 Å². The molecule has 0 N–H and O–H groups in total. The van der Waals surface area contributed by atoms with Crippen molar-refractivity contribution in [2.75, 3.05) is 25.4 Å². The molecule has 1 aliphatic rings. The van der Waals surface area contributed by atoms with Crippen molar-refractivity contribution in [3.8, 4) is 0 Å². The highest BCUT2D eigenvalue weighted by Crippen LogP contribution is 2.23. The van der Waals surface area contributed by atoms with Gasteiger partial charge >= 0.3 is 0 Å². The first-order valence-electron chi connectivity index (χ1n) is 9.17. The molecule has 0 unspecified atom stereocenters. The Labute approximate surface area is 159 Å². The maximum atomic E-state index is 12.5. The number of nitrogens with zero attached hydrogens (tertiary/aromatic N) is 2. The van der Waals surface area contributed by atoms with Gasteiger partial charge in [0.05, 0.1) is 15.6 Å². The first kappa shape index (κ1) is 19.5. The zero-order chi connectivity index (χ0) is 19.3. The van der Waals surface area contributed by atoms with E-state index in [-0.39, 0.29) is 16.3 Å². The monoisotopic (exact) mass is 388 g/mol. The van der Waals surface area contributed by atoms with Crippen LogP contribution in [-0.2, 0) is 16.3 Å². The van der Waals surface area contributed by atoms with Gasteiger partial charge in [-0.15, -0.1) is 0 Å². The fraction of sp³-hybridized carbons (Fsp3) is 0.400. The second kappa shape index (κ2) is 8.63. The van der Waals surface area contributed by atoms with Crippen LogP contribution < -0.4 is 0 Å². The number of likely N-dealkylation sites (tertiary alicyclic amines) is 1. The lowest BCUT2D eigenvalue weighted by Gasteiger charge is -2.31. The molecule has 1 fully saturated rings. The Morgan fingerprint density at radius 2 is 1.74 bits per heavy atom. The molecular formula is C20H24N2O4S. The average molecular weight is 388 g/mol. The van der Waals surface area contributed by atoms with Gasteiger partial charge < -0.3 is 4.90 Å². The summed E-state index contributed by atoms with van der Waals surface area (Å²) < 4.78 is 25.0. The fourth-order valence-electron chi connectivity index (χ4n) is 3.52. The minimum Gasteiger partial charge on any atom is -0.302 e. The van der Waals surface area contributed by atoms with Gasteiger partial charge in [-0.3, -0.25) is 10.1 Å². The number of sulfone groups is 1. The third kappa shape index (κ3) is 5.37. The van der Waals surface area contributed by atoms with Gasteiger partial charge in [0, 0.05) is 18.7 Å². The van der Waals surface area contributed by atoms with Crippen molar-refractivity contribution >= 4 is 15.5 Å². The van der Waals surface area contributed by atoms with Crippen LogP contribution in [-0.4, -0.2) is 43.6 Å². The molecule has 3 rings (SSSR count). The van der Waals surface area contributed by atoms with Crippen LogP contribution >= 0.6 is 0 Å². The zero-order valence-corrected chi connectivity index (χ0v) is 16.0. The largest absolute Gasteiger partial charge is 0.302 e. The summed E-state index contributed by atoms with van der Waals surface area (Å²) in [6.07, 6.45) is 3.19. The highest BCUT2D eigenvalue weighted by molar-refractivity contribution is 7.91. The summed E-state index contributed by atoms with van der Waals surface area (Å²) in [6, 6.07) is 15.7. The molecule has 0 aliphatic carbocycles. The predicted octanol–water partition coefficient (Wildman–Crippen LogP) is 3.32. The van der Waals surface area contributed by atoms with Gasteiger partial charge in [-0.1, -0.05) is 36.4 Å². The van der Waals surface area contributed by atoms with E-state index in [4.69, 9.17) is 0 Å². The molecule has 1 saturated heterocycles. The summed E-state index contributed by atoms with van der Waals surface area (Å²) in [7, 11) is -3.52. The summed E-state index contributed by atoms with van der Waals surface area (Å²) in [5.41, 5.74) is 1.15.